The van der Waals surface area contributed by atoms with Gasteiger partial charge in [0, 0.05) is 6.04 Å². The Kier molecular flexibility index (Phi) is 5.01. The molecule has 0 aliphatic carbocycles. The van der Waals surface area contributed by atoms with Crippen LogP contribution in [0.4, 0.5) is 0 Å². The number of benzene rings is 1. The highest BCUT2D eigenvalue weighted by molar-refractivity contribution is 5.77. The van der Waals surface area contributed by atoms with Crippen LogP contribution in [0.3, 0.4) is 0 Å². The van der Waals surface area contributed by atoms with Crippen LogP contribution in [-0.4, -0.2) is 18.6 Å². The standard InChI is InChI=1S/C14H21NO2/c1-5-12(4)15-14(16)9-17-13-7-6-10(2)8-11(13)3/h6-8,12H,5,9H2,1-4H3,(H,15,16). The molecule has 1 unspecified atom stereocenters. The zero-order valence-corrected chi connectivity index (χ0v) is 11.0. The van der Waals surface area contributed by atoms with E-state index in [1.165, 1.54) is 5.56 Å². The number of hydrogen-bond donors (Lipinski definition) is 1. The maximum atomic E-state index is 11.5. The average Bonchev–Trinajstić information content (AvgIpc) is 2.27. The summed E-state index contributed by atoms with van der Waals surface area (Å²) in [4.78, 5) is 11.5. The maximum Gasteiger partial charge on any atom is 0.258 e. The van der Waals surface area contributed by atoms with Crippen molar-refractivity contribution >= 4 is 5.91 Å². The summed E-state index contributed by atoms with van der Waals surface area (Å²) in [5.41, 5.74) is 2.25. The fraction of sp³-hybridized carbons (Fsp3) is 0.500. The minimum atomic E-state index is -0.0701. The van der Waals surface area contributed by atoms with Crippen molar-refractivity contribution in [3.63, 3.8) is 0 Å². The summed E-state index contributed by atoms with van der Waals surface area (Å²) in [5.74, 6) is 0.703. The minimum Gasteiger partial charge on any atom is -0.484 e. The molecule has 94 valence electrons. The second-order valence-electron chi connectivity index (χ2n) is 4.43. The molecule has 1 N–H and O–H groups in total. The first-order valence-corrected chi connectivity index (χ1v) is 6.02. The Bertz CT molecular complexity index is 388. The van der Waals surface area contributed by atoms with Gasteiger partial charge in [0.05, 0.1) is 0 Å². The van der Waals surface area contributed by atoms with Crippen LogP contribution in [0.15, 0.2) is 18.2 Å². The molecule has 0 bridgehead atoms. The fourth-order valence-corrected chi connectivity index (χ4v) is 1.52. The van der Waals surface area contributed by atoms with E-state index in [4.69, 9.17) is 4.74 Å². The summed E-state index contributed by atoms with van der Waals surface area (Å²) >= 11 is 0. The van der Waals surface area contributed by atoms with Crippen molar-refractivity contribution in [1.82, 2.24) is 5.32 Å². The molecule has 1 amide bonds. The third-order valence-electron chi connectivity index (χ3n) is 2.71. The van der Waals surface area contributed by atoms with Crippen molar-refractivity contribution in [2.24, 2.45) is 0 Å². The minimum absolute atomic E-state index is 0.0701. The van der Waals surface area contributed by atoms with E-state index in [9.17, 15) is 4.79 Å². The Hall–Kier alpha value is -1.51. The summed E-state index contributed by atoms with van der Waals surface area (Å²) in [6.45, 7) is 8.11. The first-order valence-electron chi connectivity index (χ1n) is 6.02. The number of amides is 1. The van der Waals surface area contributed by atoms with Crippen LogP contribution >= 0.6 is 0 Å². The van der Waals surface area contributed by atoms with Gasteiger partial charge in [-0.1, -0.05) is 24.6 Å². The van der Waals surface area contributed by atoms with Gasteiger partial charge in [-0.3, -0.25) is 4.79 Å². The lowest BCUT2D eigenvalue weighted by atomic mass is 10.1. The van der Waals surface area contributed by atoms with Gasteiger partial charge in [0.15, 0.2) is 6.61 Å². The van der Waals surface area contributed by atoms with E-state index in [0.717, 1.165) is 17.7 Å². The molecule has 0 aromatic heterocycles. The van der Waals surface area contributed by atoms with Crippen LogP contribution < -0.4 is 10.1 Å². The van der Waals surface area contributed by atoms with Crippen molar-refractivity contribution in [2.75, 3.05) is 6.61 Å². The molecule has 0 fully saturated rings. The molecule has 1 atom stereocenters. The molecular weight excluding hydrogens is 214 g/mol. The van der Waals surface area contributed by atoms with E-state index in [1.807, 2.05) is 45.9 Å². The second kappa shape index (κ2) is 6.28. The lowest BCUT2D eigenvalue weighted by Crippen LogP contribution is -2.35. The predicted octanol–water partition coefficient (Wildman–Crippen LogP) is 2.60. The lowest BCUT2D eigenvalue weighted by molar-refractivity contribution is -0.123. The summed E-state index contributed by atoms with van der Waals surface area (Å²) in [6.07, 6.45) is 0.926. The summed E-state index contributed by atoms with van der Waals surface area (Å²) in [6, 6.07) is 6.13. The Labute approximate surface area is 103 Å². The highest BCUT2D eigenvalue weighted by Crippen LogP contribution is 2.18. The summed E-state index contributed by atoms with van der Waals surface area (Å²) < 4.78 is 5.49. The number of hydrogen-bond acceptors (Lipinski definition) is 2. The van der Waals surface area contributed by atoms with E-state index >= 15 is 0 Å². The smallest absolute Gasteiger partial charge is 0.258 e. The van der Waals surface area contributed by atoms with Crippen LogP contribution in [0.1, 0.15) is 31.4 Å². The first kappa shape index (κ1) is 13.6. The van der Waals surface area contributed by atoms with Gasteiger partial charge in [-0.2, -0.15) is 0 Å². The van der Waals surface area contributed by atoms with E-state index in [0.29, 0.717) is 0 Å². The van der Waals surface area contributed by atoms with Gasteiger partial charge >= 0.3 is 0 Å². The van der Waals surface area contributed by atoms with Gasteiger partial charge < -0.3 is 10.1 Å². The van der Waals surface area contributed by atoms with Crippen molar-refractivity contribution < 1.29 is 9.53 Å². The Morgan fingerprint density at radius 3 is 2.71 bits per heavy atom. The molecule has 0 aliphatic heterocycles. The SMILES string of the molecule is CCC(C)NC(=O)COc1ccc(C)cc1C. The van der Waals surface area contributed by atoms with E-state index in [-0.39, 0.29) is 18.6 Å². The zero-order chi connectivity index (χ0) is 12.8. The molecule has 0 aliphatic rings. The molecule has 3 nitrogen and oxygen atoms in total. The van der Waals surface area contributed by atoms with Gasteiger partial charge in [-0.25, -0.2) is 0 Å². The summed E-state index contributed by atoms with van der Waals surface area (Å²) in [7, 11) is 0. The average molecular weight is 235 g/mol. The normalized spacial score (nSPS) is 12.0. The molecule has 1 aromatic rings. The van der Waals surface area contributed by atoms with Gasteiger partial charge in [0.25, 0.3) is 5.91 Å². The molecular formula is C14H21NO2. The molecule has 0 heterocycles. The quantitative estimate of drug-likeness (QED) is 0.852. The van der Waals surface area contributed by atoms with Crippen molar-refractivity contribution in [1.29, 1.82) is 0 Å². The number of carbonyl (C=O) groups is 1. The van der Waals surface area contributed by atoms with Crippen molar-refractivity contribution in [3.05, 3.63) is 29.3 Å². The Morgan fingerprint density at radius 1 is 1.41 bits per heavy atom. The van der Waals surface area contributed by atoms with Crippen LogP contribution in [0.5, 0.6) is 5.75 Å². The monoisotopic (exact) mass is 235 g/mol. The Morgan fingerprint density at radius 2 is 2.12 bits per heavy atom. The number of nitrogens with one attached hydrogen (secondary N) is 1. The van der Waals surface area contributed by atoms with Gasteiger partial charge in [0.1, 0.15) is 5.75 Å². The first-order chi connectivity index (χ1) is 8.02. The number of ether oxygens (including phenoxy) is 1. The third-order valence-corrected chi connectivity index (χ3v) is 2.71. The Balaban J connectivity index is 2.47. The summed E-state index contributed by atoms with van der Waals surface area (Å²) in [5, 5.41) is 2.87. The number of carbonyl (C=O) groups excluding carboxylic acids is 1. The van der Waals surface area contributed by atoms with E-state index in [1.54, 1.807) is 0 Å². The highest BCUT2D eigenvalue weighted by atomic mass is 16.5. The topological polar surface area (TPSA) is 38.3 Å². The maximum absolute atomic E-state index is 11.5. The number of rotatable bonds is 5. The van der Waals surface area contributed by atoms with Crippen LogP contribution in [-0.2, 0) is 4.79 Å². The molecule has 3 heteroatoms. The van der Waals surface area contributed by atoms with E-state index < -0.39 is 0 Å². The van der Waals surface area contributed by atoms with Gasteiger partial charge in [-0.05, 0) is 38.8 Å². The van der Waals surface area contributed by atoms with Crippen molar-refractivity contribution in [3.8, 4) is 5.75 Å². The van der Waals surface area contributed by atoms with Gasteiger partial charge in [-0.15, -0.1) is 0 Å². The molecule has 1 rings (SSSR count). The highest BCUT2D eigenvalue weighted by Gasteiger charge is 2.07. The van der Waals surface area contributed by atoms with Crippen molar-refractivity contribution in [2.45, 2.75) is 40.2 Å². The molecule has 0 spiro atoms. The number of aryl methyl sites for hydroxylation is 2. The molecule has 1 aromatic carbocycles. The van der Waals surface area contributed by atoms with Crippen LogP contribution in [0.2, 0.25) is 0 Å². The second-order valence-corrected chi connectivity index (χ2v) is 4.43. The van der Waals surface area contributed by atoms with Crippen LogP contribution in [0, 0.1) is 13.8 Å². The van der Waals surface area contributed by atoms with Gasteiger partial charge in [0.2, 0.25) is 0 Å². The molecule has 0 saturated carbocycles. The molecule has 0 radical (unpaired) electrons. The fourth-order valence-electron chi connectivity index (χ4n) is 1.52. The van der Waals surface area contributed by atoms with E-state index in [2.05, 4.69) is 5.32 Å². The zero-order valence-electron chi connectivity index (χ0n) is 11.0. The van der Waals surface area contributed by atoms with Crippen LogP contribution in [0.25, 0.3) is 0 Å². The molecule has 17 heavy (non-hydrogen) atoms. The molecule has 0 saturated heterocycles. The third kappa shape index (κ3) is 4.47. The lowest BCUT2D eigenvalue weighted by Gasteiger charge is -2.13. The largest absolute Gasteiger partial charge is 0.484 e. The predicted molar refractivity (Wildman–Crippen MR) is 69.3 cm³/mol.